The predicted octanol–water partition coefficient (Wildman–Crippen LogP) is 2.93. The standard InChI is InChI=1S/C17H17BrN2O4/c1-3-24-15-9-8-11(10-13(15)18)16(21)19-20-17(22)12-6-4-5-7-14(12)23-2/h4-10H,3H2,1-2H3,(H,19,21)(H,20,22). The van der Waals surface area contributed by atoms with Crippen LogP contribution in [0.3, 0.4) is 0 Å². The van der Waals surface area contributed by atoms with Crippen LogP contribution in [0.5, 0.6) is 11.5 Å². The molecule has 2 aromatic carbocycles. The van der Waals surface area contributed by atoms with E-state index in [1.165, 1.54) is 7.11 Å². The van der Waals surface area contributed by atoms with Crippen molar-refractivity contribution in [3.8, 4) is 11.5 Å². The molecular formula is C17H17BrN2O4. The third kappa shape index (κ3) is 4.26. The molecule has 0 aliphatic heterocycles. The van der Waals surface area contributed by atoms with Gasteiger partial charge in [-0.15, -0.1) is 0 Å². The molecule has 0 fully saturated rings. The maximum atomic E-state index is 12.1. The fraction of sp³-hybridized carbons (Fsp3) is 0.176. The molecule has 0 heterocycles. The molecular weight excluding hydrogens is 376 g/mol. The van der Waals surface area contributed by atoms with E-state index in [-0.39, 0.29) is 0 Å². The highest BCUT2D eigenvalue weighted by Gasteiger charge is 2.14. The van der Waals surface area contributed by atoms with Gasteiger partial charge in [-0.25, -0.2) is 0 Å². The second-order valence-electron chi connectivity index (χ2n) is 4.69. The van der Waals surface area contributed by atoms with E-state index in [9.17, 15) is 9.59 Å². The van der Waals surface area contributed by atoms with Gasteiger partial charge in [-0.3, -0.25) is 20.4 Å². The van der Waals surface area contributed by atoms with Crippen LogP contribution in [0.2, 0.25) is 0 Å². The molecule has 2 amide bonds. The summed E-state index contributed by atoms with van der Waals surface area (Å²) in [5, 5.41) is 0. The number of carbonyl (C=O) groups is 2. The number of benzene rings is 2. The number of hydrogen-bond donors (Lipinski definition) is 2. The average Bonchev–Trinajstić information content (AvgIpc) is 2.61. The summed E-state index contributed by atoms with van der Waals surface area (Å²) in [4.78, 5) is 24.3. The Balaban J connectivity index is 2.02. The molecule has 0 atom stereocenters. The van der Waals surface area contributed by atoms with E-state index in [4.69, 9.17) is 9.47 Å². The normalized spacial score (nSPS) is 9.96. The minimum Gasteiger partial charge on any atom is -0.496 e. The molecule has 0 saturated carbocycles. The van der Waals surface area contributed by atoms with Crippen molar-refractivity contribution in [2.75, 3.05) is 13.7 Å². The SMILES string of the molecule is CCOc1ccc(C(=O)NNC(=O)c2ccccc2OC)cc1Br. The zero-order valence-corrected chi connectivity index (χ0v) is 14.8. The molecule has 0 aliphatic rings. The summed E-state index contributed by atoms with van der Waals surface area (Å²) in [6, 6.07) is 11.7. The lowest BCUT2D eigenvalue weighted by Gasteiger charge is -2.11. The van der Waals surface area contributed by atoms with Gasteiger partial charge in [-0.1, -0.05) is 12.1 Å². The number of rotatable bonds is 5. The molecule has 0 bridgehead atoms. The van der Waals surface area contributed by atoms with Gasteiger partial charge in [0.1, 0.15) is 11.5 Å². The molecule has 126 valence electrons. The summed E-state index contributed by atoms with van der Waals surface area (Å²) in [5.74, 6) is 0.160. The number of hydrogen-bond acceptors (Lipinski definition) is 4. The van der Waals surface area contributed by atoms with Crippen LogP contribution >= 0.6 is 15.9 Å². The lowest BCUT2D eigenvalue weighted by molar-refractivity contribution is 0.0845. The van der Waals surface area contributed by atoms with E-state index in [1.54, 1.807) is 42.5 Å². The Kier molecular flexibility index (Phi) is 6.20. The average molecular weight is 393 g/mol. The second-order valence-corrected chi connectivity index (χ2v) is 5.54. The first kappa shape index (κ1) is 17.8. The highest BCUT2D eigenvalue weighted by atomic mass is 79.9. The van der Waals surface area contributed by atoms with Crippen molar-refractivity contribution in [1.29, 1.82) is 0 Å². The number of methoxy groups -OCH3 is 1. The Morgan fingerprint density at radius 3 is 2.42 bits per heavy atom. The van der Waals surface area contributed by atoms with Crippen molar-refractivity contribution in [3.05, 3.63) is 58.1 Å². The summed E-state index contributed by atoms with van der Waals surface area (Å²) in [6.07, 6.45) is 0. The predicted molar refractivity (Wildman–Crippen MR) is 93.2 cm³/mol. The van der Waals surface area contributed by atoms with Crippen molar-refractivity contribution < 1.29 is 19.1 Å². The summed E-state index contributed by atoms with van der Waals surface area (Å²) >= 11 is 3.34. The monoisotopic (exact) mass is 392 g/mol. The molecule has 2 rings (SSSR count). The minimum atomic E-state index is -0.467. The second kappa shape index (κ2) is 8.35. The van der Waals surface area contributed by atoms with E-state index in [0.717, 1.165) is 0 Å². The molecule has 24 heavy (non-hydrogen) atoms. The molecule has 0 radical (unpaired) electrons. The van der Waals surface area contributed by atoms with Crippen LogP contribution in [0.15, 0.2) is 46.9 Å². The van der Waals surface area contributed by atoms with Gasteiger partial charge >= 0.3 is 0 Å². The van der Waals surface area contributed by atoms with Gasteiger partial charge in [0.25, 0.3) is 11.8 Å². The summed E-state index contributed by atoms with van der Waals surface area (Å²) < 4.78 is 11.2. The molecule has 0 saturated heterocycles. The first-order valence-electron chi connectivity index (χ1n) is 7.22. The van der Waals surface area contributed by atoms with Crippen LogP contribution in [0.25, 0.3) is 0 Å². The van der Waals surface area contributed by atoms with Crippen LogP contribution in [-0.2, 0) is 0 Å². The van der Waals surface area contributed by atoms with Gasteiger partial charge in [0.2, 0.25) is 0 Å². The van der Waals surface area contributed by atoms with Gasteiger partial charge in [-0.05, 0) is 53.2 Å². The third-order valence-electron chi connectivity index (χ3n) is 3.14. The van der Waals surface area contributed by atoms with Crippen LogP contribution in [-0.4, -0.2) is 25.5 Å². The van der Waals surface area contributed by atoms with E-state index in [2.05, 4.69) is 26.8 Å². The number of carbonyl (C=O) groups excluding carboxylic acids is 2. The first-order valence-corrected chi connectivity index (χ1v) is 8.02. The van der Waals surface area contributed by atoms with Crippen molar-refractivity contribution in [2.45, 2.75) is 6.92 Å². The number of hydrazine groups is 1. The largest absolute Gasteiger partial charge is 0.496 e. The van der Waals surface area contributed by atoms with Crippen molar-refractivity contribution >= 4 is 27.7 Å². The first-order chi connectivity index (χ1) is 11.6. The summed E-state index contributed by atoms with van der Waals surface area (Å²) in [5.41, 5.74) is 5.44. The number of nitrogens with one attached hydrogen (secondary N) is 2. The van der Waals surface area contributed by atoms with Crippen LogP contribution in [0.1, 0.15) is 27.6 Å². The number of halogens is 1. The van der Waals surface area contributed by atoms with Crippen molar-refractivity contribution in [2.24, 2.45) is 0 Å². The quantitative estimate of drug-likeness (QED) is 0.766. The molecule has 2 aromatic rings. The Labute approximate surface area is 148 Å². The zero-order chi connectivity index (χ0) is 17.5. The van der Waals surface area contributed by atoms with E-state index < -0.39 is 11.8 Å². The molecule has 2 N–H and O–H groups in total. The highest BCUT2D eigenvalue weighted by molar-refractivity contribution is 9.10. The van der Waals surface area contributed by atoms with Crippen molar-refractivity contribution in [1.82, 2.24) is 10.9 Å². The summed E-state index contributed by atoms with van der Waals surface area (Å²) in [6.45, 7) is 2.40. The molecule has 6 nitrogen and oxygen atoms in total. The van der Waals surface area contributed by atoms with Crippen LogP contribution in [0.4, 0.5) is 0 Å². The summed E-state index contributed by atoms with van der Waals surface area (Å²) in [7, 11) is 1.47. The Bertz CT molecular complexity index is 749. The zero-order valence-electron chi connectivity index (χ0n) is 13.3. The molecule has 7 heteroatoms. The third-order valence-corrected chi connectivity index (χ3v) is 3.75. The molecule has 0 aliphatic carbocycles. The number of amides is 2. The number of para-hydroxylation sites is 1. The van der Waals surface area contributed by atoms with Crippen LogP contribution < -0.4 is 20.3 Å². The van der Waals surface area contributed by atoms with Gasteiger partial charge in [0.15, 0.2) is 0 Å². The Morgan fingerprint density at radius 2 is 1.75 bits per heavy atom. The van der Waals surface area contributed by atoms with Gasteiger partial charge in [-0.2, -0.15) is 0 Å². The van der Waals surface area contributed by atoms with Gasteiger partial charge < -0.3 is 9.47 Å². The Morgan fingerprint density at radius 1 is 1.04 bits per heavy atom. The lowest BCUT2D eigenvalue weighted by Crippen LogP contribution is -2.41. The maximum absolute atomic E-state index is 12.1. The highest BCUT2D eigenvalue weighted by Crippen LogP contribution is 2.25. The molecule has 0 unspecified atom stereocenters. The number of ether oxygens (including phenoxy) is 2. The van der Waals surface area contributed by atoms with E-state index in [0.29, 0.717) is 33.7 Å². The topological polar surface area (TPSA) is 76.7 Å². The van der Waals surface area contributed by atoms with Gasteiger partial charge in [0, 0.05) is 5.56 Å². The maximum Gasteiger partial charge on any atom is 0.273 e. The van der Waals surface area contributed by atoms with Gasteiger partial charge in [0.05, 0.1) is 23.8 Å². The molecule has 0 aromatic heterocycles. The fourth-order valence-electron chi connectivity index (χ4n) is 2.00. The van der Waals surface area contributed by atoms with E-state index in [1.807, 2.05) is 6.92 Å². The van der Waals surface area contributed by atoms with E-state index >= 15 is 0 Å². The Hall–Kier alpha value is -2.54. The molecule has 0 spiro atoms. The van der Waals surface area contributed by atoms with Crippen molar-refractivity contribution in [3.63, 3.8) is 0 Å². The lowest BCUT2D eigenvalue weighted by atomic mass is 10.2. The fourth-order valence-corrected chi connectivity index (χ4v) is 2.49. The smallest absolute Gasteiger partial charge is 0.273 e. The van der Waals surface area contributed by atoms with Crippen LogP contribution in [0, 0.1) is 0 Å². The minimum absolute atomic E-state index is 0.327.